The van der Waals surface area contributed by atoms with Crippen molar-refractivity contribution in [1.29, 1.82) is 0 Å². The average Bonchev–Trinajstić information content (AvgIpc) is 2.39. The number of aromatic nitrogens is 2. The van der Waals surface area contributed by atoms with Gasteiger partial charge in [0.25, 0.3) is 0 Å². The van der Waals surface area contributed by atoms with E-state index >= 15 is 0 Å². The molecule has 0 amide bonds. The van der Waals surface area contributed by atoms with E-state index in [1.807, 2.05) is 7.05 Å². The molecular weight excluding hydrogens is 436 g/mol. The molecule has 2 rings (SSSR count). The molecule has 0 saturated carbocycles. The fourth-order valence-corrected chi connectivity index (χ4v) is 3.47. The summed E-state index contributed by atoms with van der Waals surface area (Å²) in [5.74, 6) is 1.37. The molecule has 1 N–H and O–H groups in total. The first kappa shape index (κ1) is 15.6. The van der Waals surface area contributed by atoms with Crippen molar-refractivity contribution in [2.24, 2.45) is 0 Å². The summed E-state index contributed by atoms with van der Waals surface area (Å²) in [5, 5.41) is 3.08. The van der Waals surface area contributed by atoms with Gasteiger partial charge < -0.3 is 5.32 Å². The Morgan fingerprint density at radius 2 is 2.00 bits per heavy atom. The lowest BCUT2D eigenvalue weighted by Crippen LogP contribution is -2.07. The first-order valence-corrected chi connectivity index (χ1v) is 8.01. The zero-order valence-corrected chi connectivity index (χ0v) is 15.1. The van der Waals surface area contributed by atoms with Crippen molar-refractivity contribution < 1.29 is 4.39 Å². The van der Waals surface area contributed by atoms with Crippen LogP contribution < -0.4 is 5.32 Å². The standard InChI is InChI=1S/C14H14BrFIN3/c1-7(2)12-11(17)14(18-3)20-13(19-12)9-5-4-8(16)6-10(9)15/h4-7H,1-3H3,(H,18,19,20). The molecule has 0 aliphatic rings. The second-order valence-electron chi connectivity index (χ2n) is 4.62. The second kappa shape index (κ2) is 6.34. The number of nitrogens with zero attached hydrogens (tertiary/aromatic N) is 2. The summed E-state index contributed by atoms with van der Waals surface area (Å²) < 4.78 is 14.9. The zero-order chi connectivity index (χ0) is 14.9. The van der Waals surface area contributed by atoms with Crippen LogP contribution in [0.5, 0.6) is 0 Å². The molecule has 0 fully saturated rings. The highest BCUT2D eigenvalue weighted by Crippen LogP contribution is 2.31. The van der Waals surface area contributed by atoms with E-state index in [9.17, 15) is 4.39 Å². The van der Waals surface area contributed by atoms with Gasteiger partial charge in [-0.1, -0.05) is 13.8 Å². The quantitative estimate of drug-likeness (QED) is 0.683. The van der Waals surface area contributed by atoms with Gasteiger partial charge in [0.1, 0.15) is 11.6 Å². The highest BCUT2D eigenvalue weighted by molar-refractivity contribution is 14.1. The number of rotatable bonds is 3. The van der Waals surface area contributed by atoms with E-state index in [0.29, 0.717) is 10.3 Å². The highest BCUT2D eigenvalue weighted by atomic mass is 127. The van der Waals surface area contributed by atoms with E-state index < -0.39 is 0 Å². The van der Waals surface area contributed by atoms with Crippen LogP contribution in [0.1, 0.15) is 25.5 Å². The van der Waals surface area contributed by atoms with Crippen molar-refractivity contribution in [1.82, 2.24) is 9.97 Å². The van der Waals surface area contributed by atoms with Gasteiger partial charge in [-0.2, -0.15) is 0 Å². The fraction of sp³-hybridized carbons (Fsp3) is 0.286. The third kappa shape index (κ3) is 3.11. The van der Waals surface area contributed by atoms with E-state index in [1.165, 1.54) is 12.1 Å². The number of benzene rings is 1. The lowest BCUT2D eigenvalue weighted by atomic mass is 10.1. The Bertz CT molecular complexity index is 647. The van der Waals surface area contributed by atoms with Gasteiger partial charge in [0.2, 0.25) is 0 Å². The van der Waals surface area contributed by atoms with E-state index in [2.05, 4.69) is 67.7 Å². The van der Waals surface area contributed by atoms with Gasteiger partial charge in [0.15, 0.2) is 5.82 Å². The van der Waals surface area contributed by atoms with Gasteiger partial charge in [-0.3, -0.25) is 0 Å². The molecule has 106 valence electrons. The number of hydrogen-bond donors (Lipinski definition) is 1. The lowest BCUT2D eigenvalue weighted by Gasteiger charge is -2.14. The maximum Gasteiger partial charge on any atom is 0.162 e. The van der Waals surface area contributed by atoms with Crippen molar-refractivity contribution in [3.8, 4) is 11.4 Å². The van der Waals surface area contributed by atoms with Gasteiger partial charge in [0, 0.05) is 17.1 Å². The Morgan fingerprint density at radius 3 is 2.55 bits per heavy atom. The lowest BCUT2D eigenvalue weighted by molar-refractivity contribution is 0.627. The fourth-order valence-electron chi connectivity index (χ4n) is 1.80. The minimum absolute atomic E-state index is 0.287. The Labute approximate surface area is 139 Å². The normalized spacial score (nSPS) is 10.9. The number of anilines is 1. The molecule has 1 aromatic heterocycles. The smallest absolute Gasteiger partial charge is 0.162 e. The number of nitrogens with one attached hydrogen (secondary N) is 1. The first-order valence-electron chi connectivity index (χ1n) is 6.14. The maximum absolute atomic E-state index is 13.2. The van der Waals surface area contributed by atoms with Crippen LogP contribution in [0.2, 0.25) is 0 Å². The summed E-state index contributed by atoms with van der Waals surface area (Å²) in [6, 6.07) is 4.52. The van der Waals surface area contributed by atoms with Crippen LogP contribution in [-0.4, -0.2) is 17.0 Å². The molecule has 0 aliphatic heterocycles. The molecule has 0 aliphatic carbocycles. The summed E-state index contributed by atoms with van der Waals surface area (Å²) in [5.41, 5.74) is 1.76. The van der Waals surface area contributed by atoms with E-state index in [1.54, 1.807) is 6.07 Å². The van der Waals surface area contributed by atoms with Crippen LogP contribution in [0.25, 0.3) is 11.4 Å². The molecule has 1 aromatic carbocycles. The average molecular weight is 450 g/mol. The van der Waals surface area contributed by atoms with Crippen molar-refractivity contribution in [3.05, 3.63) is 37.8 Å². The van der Waals surface area contributed by atoms with Gasteiger partial charge in [0.05, 0.1) is 9.26 Å². The minimum atomic E-state index is -0.288. The number of hydrogen-bond acceptors (Lipinski definition) is 3. The Balaban J connectivity index is 2.65. The van der Waals surface area contributed by atoms with Crippen LogP contribution in [0.4, 0.5) is 10.2 Å². The van der Waals surface area contributed by atoms with Crippen molar-refractivity contribution in [2.75, 3.05) is 12.4 Å². The van der Waals surface area contributed by atoms with Crippen molar-refractivity contribution >= 4 is 44.3 Å². The van der Waals surface area contributed by atoms with Crippen LogP contribution in [0.3, 0.4) is 0 Å². The van der Waals surface area contributed by atoms with Crippen LogP contribution in [0, 0.1) is 9.39 Å². The molecule has 0 saturated heterocycles. The molecule has 20 heavy (non-hydrogen) atoms. The Kier molecular flexibility index (Phi) is 4.95. The Hall–Kier alpha value is -0.760. The van der Waals surface area contributed by atoms with Crippen LogP contribution in [-0.2, 0) is 0 Å². The summed E-state index contributed by atoms with van der Waals surface area (Å²) >= 11 is 5.62. The SMILES string of the molecule is CNc1nc(-c2ccc(F)cc2Br)nc(C(C)C)c1I. The predicted molar refractivity (Wildman–Crippen MR) is 91.5 cm³/mol. The van der Waals surface area contributed by atoms with Gasteiger partial charge >= 0.3 is 0 Å². The van der Waals surface area contributed by atoms with Crippen molar-refractivity contribution in [2.45, 2.75) is 19.8 Å². The van der Waals surface area contributed by atoms with Gasteiger partial charge in [-0.05, 0) is 62.6 Å². The highest BCUT2D eigenvalue weighted by Gasteiger charge is 2.16. The minimum Gasteiger partial charge on any atom is -0.372 e. The second-order valence-corrected chi connectivity index (χ2v) is 6.56. The summed E-state index contributed by atoms with van der Waals surface area (Å²) in [6.45, 7) is 4.18. The summed E-state index contributed by atoms with van der Waals surface area (Å²) in [7, 11) is 1.83. The molecule has 0 radical (unpaired) electrons. The molecular formula is C14H14BrFIN3. The summed E-state index contributed by atoms with van der Waals surface area (Å²) in [6.07, 6.45) is 0. The third-order valence-electron chi connectivity index (χ3n) is 2.83. The van der Waals surface area contributed by atoms with E-state index in [4.69, 9.17) is 0 Å². The topological polar surface area (TPSA) is 37.8 Å². The molecule has 2 aromatic rings. The zero-order valence-electron chi connectivity index (χ0n) is 11.3. The molecule has 0 unspecified atom stereocenters. The number of halogens is 3. The van der Waals surface area contributed by atoms with Crippen molar-refractivity contribution in [3.63, 3.8) is 0 Å². The Morgan fingerprint density at radius 1 is 1.30 bits per heavy atom. The van der Waals surface area contributed by atoms with Gasteiger partial charge in [-0.25, -0.2) is 14.4 Å². The molecule has 0 spiro atoms. The largest absolute Gasteiger partial charge is 0.372 e. The van der Waals surface area contributed by atoms with Crippen LogP contribution in [0.15, 0.2) is 22.7 Å². The van der Waals surface area contributed by atoms with E-state index in [0.717, 1.165) is 20.6 Å². The molecule has 0 atom stereocenters. The molecule has 3 nitrogen and oxygen atoms in total. The predicted octanol–water partition coefficient (Wildman–Crippen LogP) is 4.81. The summed E-state index contributed by atoms with van der Waals surface area (Å²) in [4.78, 5) is 9.14. The maximum atomic E-state index is 13.2. The van der Waals surface area contributed by atoms with Crippen LogP contribution >= 0.6 is 38.5 Å². The molecule has 6 heteroatoms. The monoisotopic (exact) mass is 449 g/mol. The molecule has 1 heterocycles. The first-order chi connectivity index (χ1) is 9.43. The van der Waals surface area contributed by atoms with E-state index in [-0.39, 0.29) is 11.7 Å². The third-order valence-corrected chi connectivity index (χ3v) is 4.55. The van der Waals surface area contributed by atoms with Gasteiger partial charge in [-0.15, -0.1) is 0 Å². The molecule has 0 bridgehead atoms.